The van der Waals surface area contributed by atoms with Crippen molar-refractivity contribution in [2.75, 3.05) is 0 Å². The van der Waals surface area contributed by atoms with Crippen LogP contribution < -0.4 is 0 Å². The second kappa shape index (κ2) is 6.55. The molecule has 0 N–H and O–H groups in total. The van der Waals surface area contributed by atoms with E-state index in [1.165, 1.54) is 13.8 Å². The largest absolute Gasteiger partial charge is 0.421 e. The van der Waals surface area contributed by atoms with E-state index in [0.717, 1.165) is 6.08 Å². The van der Waals surface area contributed by atoms with Crippen molar-refractivity contribution in [1.29, 1.82) is 0 Å². The van der Waals surface area contributed by atoms with E-state index in [2.05, 4.69) is 17.9 Å². The van der Waals surface area contributed by atoms with E-state index in [1.807, 2.05) is 0 Å². The summed E-state index contributed by atoms with van der Waals surface area (Å²) in [5.74, 6) is -1.80. The number of hydrogen-bond acceptors (Lipinski definition) is 5. The zero-order valence-electron chi connectivity index (χ0n) is 9.32. The van der Waals surface area contributed by atoms with Crippen molar-refractivity contribution in [2.45, 2.75) is 26.6 Å². The van der Waals surface area contributed by atoms with Crippen molar-refractivity contribution in [3.05, 3.63) is 24.8 Å². The Morgan fingerprint density at radius 1 is 1.25 bits per heavy atom. The Kier molecular flexibility index (Phi) is 5.77. The molecule has 88 valence electrons. The van der Waals surface area contributed by atoms with E-state index in [1.54, 1.807) is 0 Å². The summed E-state index contributed by atoms with van der Waals surface area (Å²) >= 11 is 0. The summed E-state index contributed by atoms with van der Waals surface area (Å²) < 4.78 is 9.37. The number of ether oxygens (including phenoxy) is 2. The molecule has 5 heteroatoms. The molecular weight excluding hydrogens is 212 g/mol. The SMILES string of the molecule is C=CC(OC(=O)CC(C)=O)OC(=O)C(=C)C. The molecule has 0 aromatic carbocycles. The fourth-order valence-corrected chi connectivity index (χ4v) is 0.701. The van der Waals surface area contributed by atoms with Gasteiger partial charge in [-0.05, 0) is 19.9 Å². The number of carbonyl (C=O) groups excluding carboxylic acids is 3. The molecule has 0 bridgehead atoms. The average molecular weight is 226 g/mol. The highest BCUT2D eigenvalue weighted by Crippen LogP contribution is 2.03. The lowest BCUT2D eigenvalue weighted by Gasteiger charge is -2.14. The average Bonchev–Trinajstić information content (AvgIpc) is 2.14. The lowest BCUT2D eigenvalue weighted by Crippen LogP contribution is -2.23. The lowest BCUT2D eigenvalue weighted by atomic mass is 10.3. The van der Waals surface area contributed by atoms with Crippen molar-refractivity contribution >= 4 is 17.7 Å². The van der Waals surface area contributed by atoms with Crippen LogP contribution in [0.2, 0.25) is 0 Å². The monoisotopic (exact) mass is 226 g/mol. The van der Waals surface area contributed by atoms with Gasteiger partial charge in [0.25, 0.3) is 6.29 Å². The molecule has 1 unspecified atom stereocenters. The molecular formula is C11H14O5. The summed E-state index contributed by atoms with van der Waals surface area (Å²) in [6.07, 6.45) is -0.426. The van der Waals surface area contributed by atoms with E-state index in [0.29, 0.717) is 0 Å². The molecule has 16 heavy (non-hydrogen) atoms. The van der Waals surface area contributed by atoms with Gasteiger partial charge in [0.1, 0.15) is 12.2 Å². The van der Waals surface area contributed by atoms with Gasteiger partial charge < -0.3 is 9.47 Å². The minimum atomic E-state index is -1.20. The summed E-state index contributed by atoms with van der Waals surface area (Å²) in [5, 5.41) is 0. The molecule has 0 fully saturated rings. The van der Waals surface area contributed by atoms with E-state index in [-0.39, 0.29) is 17.8 Å². The molecule has 0 radical (unpaired) electrons. The Balaban J connectivity index is 4.25. The second-order valence-electron chi connectivity index (χ2n) is 3.16. The number of hydrogen-bond donors (Lipinski definition) is 0. The van der Waals surface area contributed by atoms with Gasteiger partial charge in [-0.1, -0.05) is 13.2 Å². The first-order valence-corrected chi connectivity index (χ1v) is 4.54. The molecule has 0 aromatic rings. The van der Waals surface area contributed by atoms with Gasteiger partial charge in [-0.3, -0.25) is 9.59 Å². The Morgan fingerprint density at radius 3 is 2.19 bits per heavy atom. The number of Topliss-reactive ketones (excluding diaryl/α,β-unsaturated/α-hetero) is 1. The molecule has 0 saturated carbocycles. The highest BCUT2D eigenvalue weighted by Gasteiger charge is 2.16. The minimum Gasteiger partial charge on any atom is -0.421 e. The van der Waals surface area contributed by atoms with Crippen LogP contribution >= 0.6 is 0 Å². The van der Waals surface area contributed by atoms with Crippen molar-refractivity contribution < 1.29 is 23.9 Å². The van der Waals surface area contributed by atoms with Gasteiger partial charge in [-0.25, -0.2) is 4.79 Å². The maximum absolute atomic E-state index is 11.1. The van der Waals surface area contributed by atoms with Gasteiger partial charge >= 0.3 is 11.9 Å². The van der Waals surface area contributed by atoms with Gasteiger partial charge in [0.05, 0.1) is 0 Å². The van der Waals surface area contributed by atoms with Crippen molar-refractivity contribution in [2.24, 2.45) is 0 Å². The highest BCUT2D eigenvalue weighted by molar-refractivity contribution is 5.94. The standard InChI is InChI=1S/C11H14O5/c1-5-10(16-11(14)7(2)3)15-9(13)6-8(4)12/h5,10H,1-2,6H2,3-4H3. The van der Waals surface area contributed by atoms with Crippen LogP contribution in [0, 0.1) is 0 Å². The van der Waals surface area contributed by atoms with E-state index < -0.39 is 18.2 Å². The van der Waals surface area contributed by atoms with Crippen LogP contribution in [0.1, 0.15) is 20.3 Å². The van der Waals surface area contributed by atoms with Crippen LogP contribution in [0.5, 0.6) is 0 Å². The summed E-state index contributed by atoms with van der Waals surface area (Å²) in [4.78, 5) is 32.8. The summed E-state index contributed by atoms with van der Waals surface area (Å²) in [7, 11) is 0. The highest BCUT2D eigenvalue weighted by atomic mass is 16.7. The van der Waals surface area contributed by atoms with Crippen LogP contribution in [-0.4, -0.2) is 24.0 Å². The zero-order chi connectivity index (χ0) is 12.7. The molecule has 0 aliphatic carbocycles. The van der Waals surface area contributed by atoms with E-state index >= 15 is 0 Å². The van der Waals surface area contributed by atoms with Crippen molar-refractivity contribution in [3.8, 4) is 0 Å². The number of rotatable bonds is 6. The Bertz CT molecular complexity index is 329. The maximum Gasteiger partial charge on any atom is 0.336 e. The van der Waals surface area contributed by atoms with Gasteiger partial charge in [0, 0.05) is 5.57 Å². The first kappa shape index (κ1) is 14.1. The number of carbonyl (C=O) groups is 3. The smallest absolute Gasteiger partial charge is 0.336 e. The quantitative estimate of drug-likeness (QED) is 0.223. The Morgan fingerprint density at radius 2 is 1.81 bits per heavy atom. The van der Waals surface area contributed by atoms with Gasteiger partial charge in [0.2, 0.25) is 0 Å². The third-order valence-electron chi connectivity index (χ3n) is 1.40. The molecule has 0 amide bonds. The van der Waals surface area contributed by atoms with Crippen molar-refractivity contribution in [1.82, 2.24) is 0 Å². The lowest BCUT2D eigenvalue weighted by molar-refractivity contribution is -0.176. The van der Waals surface area contributed by atoms with E-state index in [9.17, 15) is 14.4 Å². The molecule has 0 aliphatic rings. The minimum absolute atomic E-state index is 0.175. The Hall–Kier alpha value is -1.91. The first-order valence-electron chi connectivity index (χ1n) is 4.54. The Labute approximate surface area is 93.7 Å². The van der Waals surface area contributed by atoms with Gasteiger partial charge in [-0.15, -0.1) is 0 Å². The second-order valence-corrected chi connectivity index (χ2v) is 3.16. The van der Waals surface area contributed by atoms with Crippen LogP contribution in [0.25, 0.3) is 0 Å². The predicted molar refractivity (Wildman–Crippen MR) is 56.3 cm³/mol. The fraction of sp³-hybridized carbons (Fsp3) is 0.364. The van der Waals surface area contributed by atoms with Gasteiger partial charge in [0.15, 0.2) is 0 Å². The topological polar surface area (TPSA) is 69.7 Å². The van der Waals surface area contributed by atoms with Gasteiger partial charge in [-0.2, -0.15) is 0 Å². The molecule has 0 spiro atoms. The molecule has 0 rings (SSSR count). The summed E-state index contributed by atoms with van der Waals surface area (Å²) in [6.45, 7) is 9.42. The molecule has 0 aromatic heterocycles. The number of esters is 2. The molecule has 0 heterocycles. The zero-order valence-corrected chi connectivity index (χ0v) is 9.32. The first-order chi connectivity index (χ1) is 7.36. The van der Waals surface area contributed by atoms with E-state index in [4.69, 9.17) is 4.74 Å². The maximum atomic E-state index is 11.1. The third-order valence-corrected chi connectivity index (χ3v) is 1.40. The van der Waals surface area contributed by atoms with Crippen LogP contribution in [-0.2, 0) is 23.9 Å². The normalized spacial score (nSPS) is 11.1. The summed E-state index contributed by atoms with van der Waals surface area (Å²) in [5.41, 5.74) is 0.175. The third kappa shape index (κ3) is 5.74. The van der Waals surface area contributed by atoms with Crippen molar-refractivity contribution in [3.63, 3.8) is 0 Å². The van der Waals surface area contributed by atoms with Crippen LogP contribution in [0.3, 0.4) is 0 Å². The predicted octanol–water partition coefficient (Wildman–Crippen LogP) is 1.14. The number of ketones is 1. The molecule has 0 aliphatic heterocycles. The molecule has 1 atom stereocenters. The fourth-order valence-electron chi connectivity index (χ4n) is 0.701. The van der Waals surface area contributed by atoms with Crippen LogP contribution in [0.4, 0.5) is 0 Å². The molecule has 0 saturated heterocycles. The van der Waals surface area contributed by atoms with Crippen LogP contribution in [0.15, 0.2) is 24.8 Å². The summed E-state index contributed by atoms with van der Waals surface area (Å²) in [6, 6.07) is 0. The molecule has 5 nitrogen and oxygen atoms in total.